The first-order chi connectivity index (χ1) is 30.6. The van der Waals surface area contributed by atoms with Crippen molar-refractivity contribution >= 4 is 10.8 Å². The Morgan fingerprint density at radius 1 is 0.274 bits per heavy atom. The third kappa shape index (κ3) is 7.48. The number of hydrogen-bond acceptors (Lipinski definition) is 6. The van der Waals surface area contributed by atoms with Gasteiger partial charge in [0, 0.05) is 33.4 Å². The average molecular weight is 791 g/mol. The highest BCUT2D eigenvalue weighted by Crippen LogP contribution is 2.37. The van der Waals surface area contributed by atoms with Gasteiger partial charge in [-0.3, -0.25) is 0 Å². The van der Waals surface area contributed by atoms with E-state index in [0.29, 0.717) is 22.8 Å². The van der Waals surface area contributed by atoms with Crippen molar-refractivity contribution in [2.24, 2.45) is 0 Å². The maximum Gasteiger partial charge on any atom is 0.160 e. The van der Waals surface area contributed by atoms with Crippen LogP contribution < -0.4 is 0 Å². The molecule has 0 radical (unpaired) electrons. The quantitative estimate of drug-likeness (QED) is 0.152. The number of aromatic nitrogens is 4. The monoisotopic (exact) mass is 790 g/mol. The van der Waals surface area contributed by atoms with Gasteiger partial charge in [-0.15, -0.1) is 0 Å². The zero-order valence-corrected chi connectivity index (χ0v) is 33.3. The second-order valence-electron chi connectivity index (χ2n) is 14.9. The molecule has 0 saturated carbocycles. The minimum absolute atomic E-state index is 0.562. The Hall–Kier alpha value is -8.84. The molecule has 0 bridgehead atoms. The molecule has 0 aliphatic carbocycles. The van der Waals surface area contributed by atoms with E-state index in [9.17, 15) is 10.5 Å². The summed E-state index contributed by atoms with van der Waals surface area (Å²) in [6.45, 7) is 0. The molecule has 0 aliphatic heterocycles. The van der Waals surface area contributed by atoms with Crippen LogP contribution in [0.2, 0.25) is 0 Å². The molecule has 0 aliphatic rings. The van der Waals surface area contributed by atoms with Crippen LogP contribution in [0.15, 0.2) is 206 Å². The number of rotatable bonds is 8. The van der Waals surface area contributed by atoms with E-state index in [4.69, 9.17) is 19.9 Å². The number of nitrogens with zero attached hydrogens (tertiary/aromatic N) is 6. The van der Waals surface area contributed by atoms with Crippen LogP contribution in [0, 0.1) is 22.7 Å². The summed E-state index contributed by atoms with van der Waals surface area (Å²) < 4.78 is 0. The van der Waals surface area contributed by atoms with Crippen molar-refractivity contribution in [3.63, 3.8) is 0 Å². The van der Waals surface area contributed by atoms with Crippen molar-refractivity contribution in [1.82, 2.24) is 19.9 Å². The Bertz CT molecular complexity index is 3120. The van der Waals surface area contributed by atoms with E-state index in [0.717, 1.165) is 89.2 Å². The molecule has 2 aromatic heterocycles. The van der Waals surface area contributed by atoms with Crippen molar-refractivity contribution in [3.8, 4) is 102 Å². The fourth-order valence-corrected chi connectivity index (χ4v) is 7.87. The molecule has 288 valence electrons. The minimum atomic E-state index is 0.562. The van der Waals surface area contributed by atoms with Gasteiger partial charge >= 0.3 is 0 Å². The SMILES string of the molecule is N#Cc1cccc(-c2nc(-c3ccccc3)cc(-c3ccc(-c4cccc5c(-c6ccc(-c7cc(-c8ccccc8)nc(-c8cccc(C#N)c8)n7)cc6)cccc45)cc3)n2)c1. The number of benzene rings is 8. The molecule has 8 aromatic carbocycles. The highest BCUT2D eigenvalue weighted by Gasteiger charge is 2.15. The van der Waals surface area contributed by atoms with Crippen LogP contribution in [0.3, 0.4) is 0 Å². The van der Waals surface area contributed by atoms with Crippen LogP contribution >= 0.6 is 0 Å². The van der Waals surface area contributed by atoms with Crippen LogP contribution in [0.4, 0.5) is 0 Å². The number of nitriles is 2. The third-order valence-electron chi connectivity index (χ3n) is 11.0. The molecule has 6 nitrogen and oxygen atoms in total. The van der Waals surface area contributed by atoms with Crippen LogP contribution in [-0.2, 0) is 0 Å². The van der Waals surface area contributed by atoms with E-state index >= 15 is 0 Å². The summed E-state index contributed by atoms with van der Waals surface area (Å²) >= 11 is 0. The topological polar surface area (TPSA) is 99.1 Å². The molecule has 0 spiro atoms. The predicted octanol–water partition coefficient (Wildman–Crippen LogP) is 13.5. The zero-order chi connectivity index (χ0) is 41.8. The molecule has 6 heteroatoms. The Morgan fingerprint density at radius 2 is 0.597 bits per heavy atom. The summed E-state index contributed by atoms with van der Waals surface area (Å²) in [5, 5.41) is 21.4. The fourth-order valence-electron chi connectivity index (χ4n) is 7.87. The van der Waals surface area contributed by atoms with E-state index in [1.165, 1.54) is 0 Å². The van der Waals surface area contributed by atoms with E-state index in [1.807, 2.05) is 109 Å². The van der Waals surface area contributed by atoms with Gasteiger partial charge in [-0.1, -0.05) is 170 Å². The Balaban J connectivity index is 0.985. The van der Waals surface area contributed by atoms with Gasteiger partial charge in [0.05, 0.1) is 46.0 Å². The van der Waals surface area contributed by atoms with Gasteiger partial charge in [0.15, 0.2) is 11.6 Å². The van der Waals surface area contributed by atoms with Crippen molar-refractivity contribution in [1.29, 1.82) is 10.5 Å². The second-order valence-corrected chi connectivity index (χ2v) is 14.9. The van der Waals surface area contributed by atoms with E-state index in [-0.39, 0.29) is 0 Å². The molecule has 62 heavy (non-hydrogen) atoms. The van der Waals surface area contributed by atoms with Crippen LogP contribution in [0.25, 0.3) is 101 Å². The average Bonchev–Trinajstić information content (AvgIpc) is 3.36. The lowest BCUT2D eigenvalue weighted by molar-refractivity contribution is 1.18. The van der Waals surface area contributed by atoms with Gasteiger partial charge in [0.25, 0.3) is 0 Å². The lowest BCUT2D eigenvalue weighted by atomic mass is 9.92. The molecule has 0 unspecified atom stereocenters. The minimum Gasteiger partial charge on any atom is -0.228 e. The molecule has 10 aromatic rings. The van der Waals surface area contributed by atoms with Gasteiger partial charge in [0.2, 0.25) is 0 Å². The van der Waals surface area contributed by atoms with Gasteiger partial charge in [-0.25, -0.2) is 19.9 Å². The Labute approximate surface area is 359 Å². The normalized spacial score (nSPS) is 10.9. The smallest absolute Gasteiger partial charge is 0.160 e. The summed E-state index contributed by atoms with van der Waals surface area (Å²) in [5.41, 5.74) is 14.3. The van der Waals surface area contributed by atoms with Gasteiger partial charge < -0.3 is 0 Å². The Morgan fingerprint density at radius 3 is 0.968 bits per heavy atom. The van der Waals surface area contributed by atoms with E-state index in [2.05, 4.69) is 97.1 Å². The molecule has 0 amide bonds. The Kier molecular flexibility index (Phi) is 9.92. The fraction of sp³-hybridized carbons (Fsp3) is 0. The third-order valence-corrected chi connectivity index (χ3v) is 11.0. The summed E-state index contributed by atoms with van der Waals surface area (Å²) in [6, 6.07) is 73.6. The molecular formula is C56H34N6. The van der Waals surface area contributed by atoms with Crippen molar-refractivity contribution < 1.29 is 0 Å². The summed E-state index contributed by atoms with van der Waals surface area (Å²) in [5.74, 6) is 1.14. The predicted molar refractivity (Wildman–Crippen MR) is 248 cm³/mol. The molecule has 0 atom stereocenters. The standard InChI is InChI=1S/C56H34N6/c57-35-37-11-7-17-45(31-37)55-59-51(41-13-3-1-4-14-41)33-53(61-55)43-27-23-39(24-28-43)47-19-9-22-50-48(20-10-21-49(47)50)40-25-29-44(30-26-40)54-34-52(42-15-5-2-6-16-42)60-56(62-54)46-18-8-12-38(32-46)36-58/h1-34H. The summed E-state index contributed by atoms with van der Waals surface area (Å²) in [7, 11) is 0. The molecular weight excluding hydrogens is 757 g/mol. The molecule has 0 saturated heterocycles. The first-order valence-electron chi connectivity index (χ1n) is 20.2. The van der Waals surface area contributed by atoms with Gasteiger partial charge in [-0.2, -0.15) is 10.5 Å². The first kappa shape index (κ1) is 37.4. The van der Waals surface area contributed by atoms with Crippen molar-refractivity contribution in [3.05, 3.63) is 217 Å². The molecule has 0 fully saturated rings. The summed E-state index contributed by atoms with van der Waals surface area (Å²) in [4.78, 5) is 19.9. The van der Waals surface area contributed by atoms with E-state index in [1.54, 1.807) is 12.1 Å². The highest BCUT2D eigenvalue weighted by molar-refractivity contribution is 6.04. The lowest BCUT2D eigenvalue weighted by Crippen LogP contribution is -1.96. The number of hydrogen-bond donors (Lipinski definition) is 0. The maximum absolute atomic E-state index is 9.57. The molecule has 0 N–H and O–H groups in total. The van der Waals surface area contributed by atoms with Gasteiger partial charge in [0.1, 0.15) is 0 Å². The van der Waals surface area contributed by atoms with Crippen LogP contribution in [0.5, 0.6) is 0 Å². The first-order valence-corrected chi connectivity index (χ1v) is 20.2. The van der Waals surface area contributed by atoms with Crippen molar-refractivity contribution in [2.75, 3.05) is 0 Å². The van der Waals surface area contributed by atoms with Crippen LogP contribution in [0.1, 0.15) is 11.1 Å². The van der Waals surface area contributed by atoms with Crippen LogP contribution in [-0.4, -0.2) is 19.9 Å². The summed E-state index contributed by atoms with van der Waals surface area (Å²) in [6.07, 6.45) is 0. The largest absolute Gasteiger partial charge is 0.228 e. The molecule has 10 rings (SSSR count). The number of fused-ring (bicyclic) bond motifs is 1. The second kappa shape index (κ2) is 16.4. The molecule has 2 heterocycles. The lowest BCUT2D eigenvalue weighted by Gasteiger charge is -2.13. The maximum atomic E-state index is 9.57. The van der Waals surface area contributed by atoms with Gasteiger partial charge in [-0.05, 0) is 69.4 Å². The van der Waals surface area contributed by atoms with E-state index < -0.39 is 0 Å². The highest BCUT2D eigenvalue weighted by atomic mass is 14.9. The van der Waals surface area contributed by atoms with Crippen molar-refractivity contribution in [2.45, 2.75) is 0 Å². The zero-order valence-electron chi connectivity index (χ0n) is 33.3.